The topological polar surface area (TPSA) is 73.3 Å². The molecule has 2 fully saturated rings. The Hall–Kier alpha value is -1.83. The smallest absolute Gasteiger partial charge is 0.191 e. The van der Waals surface area contributed by atoms with Crippen LogP contribution in [0, 0.1) is 12.8 Å². The fraction of sp³-hybridized carbons (Fsp3) is 0.682. The van der Waals surface area contributed by atoms with Gasteiger partial charge in [0, 0.05) is 51.3 Å². The Morgan fingerprint density at radius 1 is 1.17 bits per heavy atom. The minimum absolute atomic E-state index is 0.142. The monoisotopic (exact) mass is 405 g/mol. The molecule has 2 saturated heterocycles. The van der Waals surface area contributed by atoms with Crippen molar-refractivity contribution in [2.45, 2.75) is 38.8 Å². The minimum Gasteiger partial charge on any atom is -0.488 e. The molecule has 162 valence electrons. The maximum absolute atomic E-state index is 6.17. The van der Waals surface area contributed by atoms with E-state index in [1.165, 1.54) is 5.56 Å². The van der Waals surface area contributed by atoms with E-state index in [2.05, 4.69) is 40.7 Å². The van der Waals surface area contributed by atoms with Gasteiger partial charge in [-0.2, -0.15) is 0 Å². The van der Waals surface area contributed by atoms with E-state index in [1.807, 2.05) is 0 Å². The SMILES string of the molecule is CN=C(NCCCOCC1CCOC1)NCc1ccc(C)cc1OC1CCOC1. The summed E-state index contributed by atoms with van der Waals surface area (Å²) in [6.45, 7) is 8.26. The van der Waals surface area contributed by atoms with Gasteiger partial charge in [0.1, 0.15) is 11.9 Å². The number of hydrogen-bond donors (Lipinski definition) is 2. The van der Waals surface area contributed by atoms with Gasteiger partial charge in [-0.15, -0.1) is 0 Å². The van der Waals surface area contributed by atoms with Crippen molar-refractivity contribution in [1.29, 1.82) is 0 Å². The van der Waals surface area contributed by atoms with Gasteiger partial charge in [0.2, 0.25) is 0 Å². The second-order valence-electron chi connectivity index (χ2n) is 7.73. The molecule has 0 radical (unpaired) electrons. The van der Waals surface area contributed by atoms with E-state index in [4.69, 9.17) is 18.9 Å². The first-order valence-electron chi connectivity index (χ1n) is 10.7. The summed E-state index contributed by atoms with van der Waals surface area (Å²) in [6, 6.07) is 6.32. The highest BCUT2D eigenvalue weighted by molar-refractivity contribution is 5.79. The van der Waals surface area contributed by atoms with E-state index >= 15 is 0 Å². The van der Waals surface area contributed by atoms with Gasteiger partial charge in [-0.25, -0.2) is 0 Å². The number of rotatable bonds is 10. The minimum atomic E-state index is 0.142. The van der Waals surface area contributed by atoms with Crippen LogP contribution in [0.2, 0.25) is 0 Å². The van der Waals surface area contributed by atoms with Crippen LogP contribution in [-0.2, 0) is 20.8 Å². The third-order valence-electron chi connectivity index (χ3n) is 5.21. The highest BCUT2D eigenvalue weighted by Crippen LogP contribution is 2.23. The summed E-state index contributed by atoms with van der Waals surface area (Å²) in [7, 11) is 1.79. The lowest BCUT2D eigenvalue weighted by Crippen LogP contribution is -2.37. The number of nitrogens with one attached hydrogen (secondary N) is 2. The molecule has 3 rings (SSSR count). The van der Waals surface area contributed by atoms with Crippen LogP contribution in [0.25, 0.3) is 0 Å². The lowest BCUT2D eigenvalue weighted by molar-refractivity contribution is 0.0888. The highest BCUT2D eigenvalue weighted by Gasteiger charge is 2.19. The zero-order chi connectivity index (χ0) is 20.3. The molecule has 0 saturated carbocycles. The number of benzene rings is 1. The fourth-order valence-electron chi connectivity index (χ4n) is 3.45. The second kappa shape index (κ2) is 12.0. The molecule has 2 aliphatic rings. The van der Waals surface area contributed by atoms with E-state index in [9.17, 15) is 0 Å². The number of hydrogen-bond acceptors (Lipinski definition) is 5. The Bertz CT molecular complexity index is 641. The average Bonchev–Trinajstić information content (AvgIpc) is 3.42. The predicted molar refractivity (Wildman–Crippen MR) is 114 cm³/mol. The molecule has 29 heavy (non-hydrogen) atoms. The standard InChI is InChI=1S/C22H35N3O4/c1-17-4-5-19(21(12-17)29-20-7-11-28-16-20)13-25-22(23-2)24-8-3-9-26-14-18-6-10-27-15-18/h4-5,12,18,20H,3,6-11,13-16H2,1-2H3,(H2,23,24,25). The van der Waals surface area contributed by atoms with E-state index in [1.54, 1.807) is 7.05 Å². The van der Waals surface area contributed by atoms with Crippen LogP contribution in [0.3, 0.4) is 0 Å². The molecule has 2 aliphatic heterocycles. The van der Waals surface area contributed by atoms with Gasteiger partial charge in [-0.1, -0.05) is 12.1 Å². The molecule has 2 unspecified atom stereocenters. The lowest BCUT2D eigenvalue weighted by atomic mass is 10.1. The molecule has 7 nitrogen and oxygen atoms in total. The van der Waals surface area contributed by atoms with Crippen molar-refractivity contribution >= 4 is 5.96 Å². The summed E-state index contributed by atoms with van der Waals surface area (Å²) >= 11 is 0. The number of ether oxygens (including phenoxy) is 4. The quantitative estimate of drug-likeness (QED) is 0.353. The van der Waals surface area contributed by atoms with Crippen molar-refractivity contribution in [3.63, 3.8) is 0 Å². The molecule has 1 aromatic rings. The summed E-state index contributed by atoms with van der Waals surface area (Å²) in [5.41, 5.74) is 2.31. The first-order valence-corrected chi connectivity index (χ1v) is 10.7. The second-order valence-corrected chi connectivity index (χ2v) is 7.73. The fourth-order valence-corrected chi connectivity index (χ4v) is 3.45. The third kappa shape index (κ3) is 7.49. The van der Waals surface area contributed by atoms with Gasteiger partial charge in [0.25, 0.3) is 0 Å². The molecule has 2 heterocycles. The Labute approximate surface area is 174 Å². The molecule has 0 aliphatic carbocycles. The molecular weight excluding hydrogens is 370 g/mol. The van der Waals surface area contributed by atoms with Crippen LogP contribution in [-0.4, -0.2) is 65.3 Å². The Morgan fingerprint density at radius 3 is 2.79 bits per heavy atom. The molecule has 0 spiro atoms. The van der Waals surface area contributed by atoms with Gasteiger partial charge in [0.15, 0.2) is 5.96 Å². The molecule has 1 aromatic carbocycles. The van der Waals surface area contributed by atoms with Crippen LogP contribution < -0.4 is 15.4 Å². The number of nitrogens with zero attached hydrogens (tertiary/aromatic N) is 1. The van der Waals surface area contributed by atoms with E-state index in [0.29, 0.717) is 19.1 Å². The molecule has 0 bridgehead atoms. The van der Waals surface area contributed by atoms with Gasteiger partial charge < -0.3 is 29.6 Å². The van der Waals surface area contributed by atoms with Crippen LogP contribution >= 0.6 is 0 Å². The van der Waals surface area contributed by atoms with Gasteiger partial charge >= 0.3 is 0 Å². The molecule has 7 heteroatoms. The van der Waals surface area contributed by atoms with Gasteiger partial charge in [-0.05, 0) is 31.4 Å². The van der Waals surface area contributed by atoms with Crippen LogP contribution in [0.4, 0.5) is 0 Å². The Kier molecular flexibility index (Phi) is 9.05. The molecule has 0 aromatic heterocycles. The third-order valence-corrected chi connectivity index (χ3v) is 5.21. The van der Waals surface area contributed by atoms with Crippen LogP contribution in [0.5, 0.6) is 5.75 Å². The summed E-state index contributed by atoms with van der Waals surface area (Å²) in [4.78, 5) is 4.31. The van der Waals surface area contributed by atoms with E-state index in [0.717, 1.165) is 76.1 Å². The maximum atomic E-state index is 6.17. The van der Waals surface area contributed by atoms with Crippen molar-refractivity contribution < 1.29 is 18.9 Å². The number of guanidine groups is 1. The zero-order valence-corrected chi connectivity index (χ0v) is 17.7. The lowest BCUT2D eigenvalue weighted by Gasteiger charge is -2.18. The summed E-state index contributed by atoms with van der Waals surface area (Å²) in [6.07, 6.45) is 3.14. The first-order chi connectivity index (χ1) is 14.2. The summed E-state index contributed by atoms with van der Waals surface area (Å²) in [5.74, 6) is 2.27. The maximum Gasteiger partial charge on any atom is 0.191 e. The molecule has 0 amide bonds. The van der Waals surface area contributed by atoms with Gasteiger partial charge in [-0.3, -0.25) is 4.99 Å². The van der Waals surface area contributed by atoms with Crippen molar-refractivity contribution in [3.05, 3.63) is 29.3 Å². The summed E-state index contributed by atoms with van der Waals surface area (Å²) < 4.78 is 22.7. The van der Waals surface area contributed by atoms with Crippen molar-refractivity contribution in [3.8, 4) is 5.75 Å². The summed E-state index contributed by atoms with van der Waals surface area (Å²) in [5, 5.41) is 6.72. The van der Waals surface area contributed by atoms with Crippen molar-refractivity contribution in [2.24, 2.45) is 10.9 Å². The van der Waals surface area contributed by atoms with Crippen LogP contribution in [0.1, 0.15) is 30.4 Å². The molecular formula is C22H35N3O4. The first kappa shape index (κ1) is 21.9. The number of aryl methyl sites for hydroxylation is 1. The van der Waals surface area contributed by atoms with Crippen molar-refractivity contribution in [1.82, 2.24) is 10.6 Å². The molecule has 2 N–H and O–H groups in total. The van der Waals surface area contributed by atoms with E-state index in [-0.39, 0.29) is 6.10 Å². The van der Waals surface area contributed by atoms with E-state index < -0.39 is 0 Å². The predicted octanol–water partition coefficient (Wildman–Crippen LogP) is 2.27. The number of aliphatic imine (C=N–C) groups is 1. The largest absolute Gasteiger partial charge is 0.488 e. The molecule has 2 atom stereocenters. The Balaban J connectivity index is 1.37. The van der Waals surface area contributed by atoms with Crippen molar-refractivity contribution in [2.75, 3.05) is 53.2 Å². The zero-order valence-electron chi connectivity index (χ0n) is 17.7. The normalized spacial score (nSPS) is 22.1. The highest BCUT2D eigenvalue weighted by atomic mass is 16.5. The average molecular weight is 406 g/mol. The Morgan fingerprint density at radius 2 is 2.03 bits per heavy atom. The van der Waals surface area contributed by atoms with Crippen LogP contribution in [0.15, 0.2) is 23.2 Å². The van der Waals surface area contributed by atoms with Gasteiger partial charge in [0.05, 0.1) is 26.4 Å².